The molecule has 0 aliphatic carbocycles. The lowest BCUT2D eigenvalue weighted by Gasteiger charge is -2.07. The van der Waals surface area contributed by atoms with E-state index in [0.29, 0.717) is 23.9 Å². The lowest BCUT2D eigenvalue weighted by molar-refractivity contribution is 0.627. The predicted octanol–water partition coefficient (Wildman–Crippen LogP) is 4.83. The van der Waals surface area contributed by atoms with E-state index in [1.807, 2.05) is 30.3 Å². The van der Waals surface area contributed by atoms with E-state index in [1.165, 1.54) is 12.1 Å². The van der Waals surface area contributed by atoms with E-state index in [4.69, 9.17) is 5.73 Å². The Labute approximate surface area is 139 Å². The summed E-state index contributed by atoms with van der Waals surface area (Å²) in [6.07, 6.45) is 0. The zero-order valence-corrected chi connectivity index (χ0v) is 12.9. The van der Waals surface area contributed by atoms with Crippen molar-refractivity contribution >= 4 is 23.0 Å². The number of azo groups is 1. The molecule has 0 saturated heterocycles. The maximum Gasteiger partial charge on any atom is 0.153 e. The van der Waals surface area contributed by atoms with Crippen LogP contribution >= 0.6 is 0 Å². The van der Waals surface area contributed by atoms with Gasteiger partial charge in [0.2, 0.25) is 0 Å². The zero-order chi connectivity index (χ0) is 16.8. The van der Waals surface area contributed by atoms with E-state index in [-0.39, 0.29) is 5.82 Å². The molecule has 0 unspecified atom stereocenters. The Kier molecular flexibility index (Phi) is 4.76. The van der Waals surface area contributed by atoms with Gasteiger partial charge in [0.25, 0.3) is 0 Å². The van der Waals surface area contributed by atoms with E-state index < -0.39 is 0 Å². The number of halogens is 1. The number of pyridine rings is 1. The number of hydrogen-bond donors (Lipinski definition) is 2. The summed E-state index contributed by atoms with van der Waals surface area (Å²) in [5.41, 5.74) is 8.12. The van der Waals surface area contributed by atoms with Crippen molar-refractivity contribution < 1.29 is 4.39 Å². The quantitative estimate of drug-likeness (QED) is 0.661. The first kappa shape index (κ1) is 15.6. The first-order valence-electron chi connectivity index (χ1n) is 7.42. The van der Waals surface area contributed by atoms with Gasteiger partial charge in [-0.05, 0) is 42.0 Å². The maximum absolute atomic E-state index is 12.9. The average molecular weight is 321 g/mol. The minimum atomic E-state index is -0.255. The highest BCUT2D eigenvalue weighted by Crippen LogP contribution is 2.24. The second-order valence-electron chi connectivity index (χ2n) is 5.12. The van der Waals surface area contributed by atoms with E-state index in [2.05, 4.69) is 20.5 Å². The third-order valence-electron chi connectivity index (χ3n) is 3.32. The molecule has 24 heavy (non-hydrogen) atoms. The number of aromatic nitrogens is 1. The van der Waals surface area contributed by atoms with Gasteiger partial charge in [-0.15, -0.1) is 5.11 Å². The number of nitrogens with zero attached hydrogens (tertiary/aromatic N) is 3. The summed E-state index contributed by atoms with van der Waals surface area (Å²) < 4.78 is 12.9. The highest BCUT2D eigenvalue weighted by Gasteiger charge is 2.02. The number of benzene rings is 2. The molecule has 5 nitrogen and oxygen atoms in total. The standard InChI is InChI=1S/C18H16FN5/c19-14-8-6-13(7-9-14)12-21-17-11-10-16(18(20)22-17)24-23-15-4-2-1-3-5-15/h1-11H,12H2,(H3,20,21,22). The molecular formula is C18H16FN5. The molecule has 0 saturated carbocycles. The second-order valence-corrected chi connectivity index (χ2v) is 5.12. The minimum absolute atomic E-state index is 0.255. The Morgan fingerprint density at radius 3 is 2.38 bits per heavy atom. The Morgan fingerprint density at radius 1 is 0.917 bits per heavy atom. The molecule has 3 aromatic rings. The number of nitrogen functional groups attached to an aromatic ring is 1. The first-order valence-corrected chi connectivity index (χ1v) is 7.42. The Bertz CT molecular complexity index is 832. The van der Waals surface area contributed by atoms with Gasteiger partial charge in [0.15, 0.2) is 5.82 Å². The van der Waals surface area contributed by atoms with Gasteiger partial charge in [-0.25, -0.2) is 9.37 Å². The molecule has 3 rings (SSSR count). The van der Waals surface area contributed by atoms with Crippen LogP contribution < -0.4 is 11.1 Å². The van der Waals surface area contributed by atoms with Crippen LogP contribution in [0, 0.1) is 5.82 Å². The predicted molar refractivity (Wildman–Crippen MR) is 93.0 cm³/mol. The van der Waals surface area contributed by atoms with Crippen molar-refractivity contribution in [1.29, 1.82) is 0 Å². The van der Waals surface area contributed by atoms with E-state index in [9.17, 15) is 4.39 Å². The van der Waals surface area contributed by atoms with Crippen molar-refractivity contribution in [1.82, 2.24) is 4.98 Å². The van der Waals surface area contributed by atoms with Crippen LogP contribution in [-0.4, -0.2) is 4.98 Å². The van der Waals surface area contributed by atoms with Gasteiger partial charge in [0.05, 0.1) is 5.69 Å². The van der Waals surface area contributed by atoms with Gasteiger partial charge in [0, 0.05) is 6.54 Å². The zero-order valence-electron chi connectivity index (χ0n) is 12.9. The molecule has 0 aliphatic rings. The molecule has 6 heteroatoms. The topological polar surface area (TPSA) is 75.7 Å². The van der Waals surface area contributed by atoms with Gasteiger partial charge < -0.3 is 11.1 Å². The van der Waals surface area contributed by atoms with Crippen LogP contribution in [-0.2, 0) is 6.54 Å². The van der Waals surface area contributed by atoms with Gasteiger partial charge in [0.1, 0.15) is 17.3 Å². The van der Waals surface area contributed by atoms with Gasteiger partial charge in [-0.2, -0.15) is 5.11 Å². The summed E-state index contributed by atoms with van der Waals surface area (Å²) in [7, 11) is 0. The Morgan fingerprint density at radius 2 is 1.67 bits per heavy atom. The highest BCUT2D eigenvalue weighted by molar-refractivity contribution is 5.61. The number of nitrogens with one attached hydrogen (secondary N) is 1. The molecule has 0 bridgehead atoms. The van der Waals surface area contributed by atoms with Crippen molar-refractivity contribution in [2.45, 2.75) is 6.54 Å². The Balaban J connectivity index is 1.66. The SMILES string of the molecule is Nc1nc(NCc2ccc(F)cc2)ccc1N=Nc1ccccc1. The van der Waals surface area contributed by atoms with Crippen LogP contribution in [0.1, 0.15) is 5.56 Å². The van der Waals surface area contributed by atoms with E-state index >= 15 is 0 Å². The van der Waals surface area contributed by atoms with Crippen LogP contribution in [0.4, 0.5) is 27.4 Å². The van der Waals surface area contributed by atoms with Gasteiger partial charge in [-0.1, -0.05) is 30.3 Å². The molecule has 0 radical (unpaired) electrons. The molecular weight excluding hydrogens is 305 g/mol. The normalized spacial score (nSPS) is 10.9. The summed E-state index contributed by atoms with van der Waals surface area (Å²) in [5.74, 6) is 0.656. The summed E-state index contributed by atoms with van der Waals surface area (Å²) in [6, 6.07) is 19.2. The summed E-state index contributed by atoms with van der Waals surface area (Å²) in [5, 5.41) is 11.4. The summed E-state index contributed by atoms with van der Waals surface area (Å²) in [4.78, 5) is 4.26. The van der Waals surface area contributed by atoms with Crippen LogP contribution in [0.15, 0.2) is 77.0 Å². The minimum Gasteiger partial charge on any atom is -0.382 e. The van der Waals surface area contributed by atoms with E-state index in [1.54, 1.807) is 24.3 Å². The fourth-order valence-electron chi connectivity index (χ4n) is 2.05. The first-order chi connectivity index (χ1) is 11.7. The number of hydrogen-bond acceptors (Lipinski definition) is 5. The number of rotatable bonds is 5. The molecule has 0 aliphatic heterocycles. The largest absolute Gasteiger partial charge is 0.382 e. The summed E-state index contributed by atoms with van der Waals surface area (Å²) >= 11 is 0. The fraction of sp³-hybridized carbons (Fsp3) is 0.0556. The molecule has 3 N–H and O–H groups in total. The third kappa shape index (κ3) is 4.13. The van der Waals surface area contributed by atoms with Crippen molar-refractivity contribution in [2.75, 3.05) is 11.1 Å². The number of anilines is 2. The molecule has 0 amide bonds. The molecule has 0 spiro atoms. The lowest BCUT2D eigenvalue weighted by Crippen LogP contribution is -2.02. The van der Waals surface area contributed by atoms with Crippen LogP contribution in [0.5, 0.6) is 0 Å². The second kappa shape index (κ2) is 7.32. The van der Waals surface area contributed by atoms with Crippen molar-refractivity contribution in [3.63, 3.8) is 0 Å². The smallest absolute Gasteiger partial charge is 0.153 e. The molecule has 2 aromatic carbocycles. The van der Waals surface area contributed by atoms with Crippen molar-refractivity contribution in [3.8, 4) is 0 Å². The van der Waals surface area contributed by atoms with Crippen molar-refractivity contribution in [3.05, 3.63) is 78.1 Å². The van der Waals surface area contributed by atoms with Gasteiger partial charge >= 0.3 is 0 Å². The summed E-state index contributed by atoms with van der Waals surface area (Å²) in [6.45, 7) is 0.525. The number of nitrogens with two attached hydrogens (primary N) is 1. The third-order valence-corrected chi connectivity index (χ3v) is 3.32. The monoisotopic (exact) mass is 321 g/mol. The molecule has 0 fully saturated rings. The van der Waals surface area contributed by atoms with Crippen molar-refractivity contribution in [2.24, 2.45) is 10.2 Å². The molecule has 0 atom stereocenters. The molecule has 120 valence electrons. The van der Waals surface area contributed by atoms with E-state index in [0.717, 1.165) is 11.3 Å². The maximum atomic E-state index is 12.9. The van der Waals surface area contributed by atoms with Crippen LogP contribution in [0.3, 0.4) is 0 Å². The highest BCUT2D eigenvalue weighted by atomic mass is 19.1. The Hall–Kier alpha value is -3.28. The van der Waals surface area contributed by atoms with Crippen LogP contribution in [0.2, 0.25) is 0 Å². The fourth-order valence-corrected chi connectivity index (χ4v) is 2.05. The molecule has 1 heterocycles. The van der Waals surface area contributed by atoms with Crippen LogP contribution in [0.25, 0.3) is 0 Å². The lowest BCUT2D eigenvalue weighted by atomic mass is 10.2. The average Bonchev–Trinajstić information content (AvgIpc) is 2.61. The molecule has 1 aromatic heterocycles. The van der Waals surface area contributed by atoms with Gasteiger partial charge in [-0.3, -0.25) is 0 Å².